The van der Waals surface area contributed by atoms with Gasteiger partial charge in [-0.15, -0.1) is 0 Å². The number of rotatable bonds is 3. The maximum Gasteiger partial charge on any atom is 0.352 e. The molecule has 2 aliphatic rings. The van der Waals surface area contributed by atoms with Crippen LogP contribution in [0.5, 0.6) is 0 Å². The first-order valence-electron chi connectivity index (χ1n) is 9.21. The molecule has 1 N–H and O–H groups in total. The van der Waals surface area contributed by atoms with Gasteiger partial charge in [-0.2, -0.15) is 10.4 Å². The van der Waals surface area contributed by atoms with Gasteiger partial charge >= 0.3 is 6.03 Å². The van der Waals surface area contributed by atoms with Gasteiger partial charge < -0.3 is 0 Å². The van der Waals surface area contributed by atoms with Crippen LogP contribution in [0.4, 0.5) is 4.79 Å². The first kappa shape index (κ1) is 17.3. The van der Waals surface area contributed by atoms with E-state index in [1.165, 1.54) is 5.01 Å². The normalized spacial score (nSPS) is 19.6. The quantitative estimate of drug-likeness (QED) is 0.915. The Morgan fingerprint density at radius 2 is 1.78 bits per heavy atom. The molecule has 0 bridgehead atoms. The van der Waals surface area contributed by atoms with Crippen LogP contribution in [0, 0.1) is 11.3 Å². The van der Waals surface area contributed by atoms with E-state index in [4.69, 9.17) is 5.26 Å². The molecule has 2 aromatic rings. The lowest BCUT2D eigenvalue weighted by molar-refractivity contribution is 0.164. The van der Waals surface area contributed by atoms with Crippen molar-refractivity contribution >= 4 is 11.7 Å². The van der Waals surface area contributed by atoms with Crippen LogP contribution in [-0.4, -0.2) is 41.4 Å². The number of amides is 2. The number of hydrogen-bond donors (Lipinski definition) is 1. The largest absolute Gasteiger partial charge is 0.352 e. The molecule has 2 aliphatic heterocycles. The molecule has 2 aromatic carbocycles. The fraction of sp³-hybridized carbons (Fsp3) is 0.286. The highest BCUT2D eigenvalue weighted by molar-refractivity contribution is 6.07. The van der Waals surface area contributed by atoms with Crippen molar-refractivity contribution in [2.45, 2.75) is 18.8 Å². The topological polar surface area (TPSA) is 71.7 Å². The lowest BCUT2D eigenvalue weighted by atomic mass is 9.90. The molecule has 6 nitrogen and oxygen atoms in total. The van der Waals surface area contributed by atoms with Crippen LogP contribution in [0.2, 0.25) is 0 Å². The van der Waals surface area contributed by atoms with Crippen LogP contribution >= 0.6 is 0 Å². The van der Waals surface area contributed by atoms with Crippen LogP contribution in [0.3, 0.4) is 0 Å². The second kappa shape index (κ2) is 7.60. The Morgan fingerprint density at radius 1 is 1.07 bits per heavy atom. The van der Waals surface area contributed by atoms with Crippen LogP contribution in [0.1, 0.15) is 35.4 Å². The summed E-state index contributed by atoms with van der Waals surface area (Å²) in [5.41, 5.74) is 6.46. The van der Waals surface area contributed by atoms with Crippen molar-refractivity contribution < 1.29 is 4.79 Å². The highest BCUT2D eigenvalue weighted by atomic mass is 16.2. The minimum absolute atomic E-state index is 0.00321. The van der Waals surface area contributed by atoms with Crippen molar-refractivity contribution in [3.05, 3.63) is 71.3 Å². The number of hydrogen-bond acceptors (Lipinski definition) is 4. The predicted octanol–water partition coefficient (Wildman–Crippen LogP) is 3.08. The number of nitrogens with one attached hydrogen (secondary N) is 1. The molecule has 6 heteroatoms. The fourth-order valence-electron chi connectivity index (χ4n) is 3.57. The first-order valence-corrected chi connectivity index (χ1v) is 9.21. The average molecular weight is 359 g/mol. The van der Waals surface area contributed by atoms with Gasteiger partial charge in [0.1, 0.15) is 0 Å². The zero-order chi connectivity index (χ0) is 18.6. The fourth-order valence-corrected chi connectivity index (χ4v) is 3.57. The van der Waals surface area contributed by atoms with Gasteiger partial charge in [0.2, 0.25) is 0 Å². The SMILES string of the molecule is N#Cc1ccc(C2=NN(C(=O)NN3CCCC3)CC2c2ccccc2)cc1. The van der Waals surface area contributed by atoms with Crippen molar-refractivity contribution in [2.24, 2.45) is 5.10 Å². The smallest absolute Gasteiger partial charge is 0.269 e. The van der Waals surface area contributed by atoms with E-state index in [1.54, 1.807) is 12.1 Å². The van der Waals surface area contributed by atoms with Crippen molar-refractivity contribution in [2.75, 3.05) is 19.6 Å². The van der Waals surface area contributed by atoms with Gasteiger partial charge in [-0.25, -0.2) is 14.8 Å². The number of nitriles is 1. The molecule has 1 unspecified atom stereocenters. The number of carbonyl (C=O) groups excluding carboxylic acids is 1. The molecule has 1 fully saturated rings. The molecule has 0 aromatic heterocycles. The Balaban J connectivity index is 1.61. The Labute approximate surface area is 158 Å². The maximum absolute atomic E-state index is 12.7. The zero-order valence-corrected chi connectivity index (χ0v) is 15.0. The third-order valence-electron chi connectivity index (χ3n) is 5.02. The maximum atomic E-state index is 12.7. The Bertz CT molecular complexity index is 879. The molecular formula is C21H21N5O. The predicted molar refractivity (Wildman–Crippen MR) is 103 cm³/mol. The Hall–Kier alpha value is -3.17. The van der Waals surface area contributed by atoms with Crippen LogP contribution in [-0.2, 0) is 0 Å². The standard InChI is InChI=1S/C21H21N5O/c22-14-16-8-10-18(11-9-16)20-19(17-6-2-1-3-7-17)15-26(23-20)21(27)24-25-12-4-5-13-25/h1-3,6-11,19H,4-5,12-13,15H2,(H,24,27). The van der Waals surface area contributed by atoms with Gasteiger partial charge in [0.25, 0.3) is 0 Å². The monoisotopic (exact) mass is 359 g/mol. The minimum atomic E-state index is -0.193. The summed E-state index contributed by atoms with van der Waals surface area (Å²) in [5.74, 6) is 0.00321. The van der Waals surface area contributed by atoms with Crippen LogP contribution in [0.15, 0.2) is 59.7 Å². The molecule has 2 heterocycles. The molecule has 1 saturated heterocycles. The number of benzene rings is 2. The van der Waals surface area contributed by atoms with Gasteiger partial charge in [-0.3, -0.25) is 5.43 Å². The molecule has 2 amide bonds. The van der Waals surface area contributed by atoms with Crippen molar-refractivity contribution in [3.8, 4) is 6.07 Å². The van der Waals surface area contributed by atoms with E-state index in [1.807, 2.05) is 35.3 Å². The Kier molecular flexibility index (Phi) is 4.86. The summed E-state index contributed by atoms with van der Waals surface area (Å²) < 4.78 is 0. The van der Waals surface area contributed by atoms with E-state index in [2.05, 4.69) is 28.7 Å². The first-order chi connectivity index (χ1) is 13.2. The van der Waals surface area contributed by atoms with Crippen molar-refractivity contribution in [1.29, 1.82) is 5.26 Å². The van der Waals surface area contributed by atoms with Crippen LogP contribution < -0.4 is 5.43 Å². The summed E-state index contributed by atoms with van der Waals surface area (Å²) in [5, 5.41) is 17.1. The van der Waals surface area contributed by atoms with Gasteiger partial charge in [-0.05, 0) is 36.1 Å². The number of carbonyl (C=O) groups is 1. The number of hydrazine groups is 1. The van der Waals surface area contributed by atoms with E-state index in [9.17, 15) is 4.79 Å². The molecule has 1 atom stereocenters. The number of hydrazone groups is 1. The van der Waals surface area contributed by atoms with Gasteiger partial charge in [-0.1, -0.05) is 42.5 Å². The summed E-state index contributed by atoms with van der Waals surface area (Å²) in [6, 6.07) is 19.4. The molecule has 0 radical (unpaired) electrons. The van der Waals surface area contributed by atoms with Gasteiger partial charge in [0, 0.05) is 19.0 Å². The lowest BCUT2D eigenvalue weighted by Gasteiger charge is -2.20. The second-order valence-electron chi connectivity index (χ2n) is 6.83. The average Bonchev–Trinajstić information content (AvgIpc) is 3.39. The molecular weight excluding hydrogens is 338 g/mol. The molecule has 4 rings (SSSR count). The van der Waals surface area contributed by atoms with Crippen molar-refractivity contribution in [1.82, 2.24) is 15.4 Å². The van der Waals surface area contributed by atoms with E-state index in [-0.39, 0.29) is 11.9 Å². The minimum Gasteiger partial charge on any atom is -0.269 e. The van der Waals surface area contributed by atoms with E-state index < -0.39 is 0 Å². The van der Waals surface area contributed by atoms with Gasteiger partial charge in [0.05, 0.1) is 23.9 Å². The third-order valence-corrected chi connectivity index (χ3v) is 5.02. The summed E-state index contributed by atoms with van der Waals surface area (Å²) in [6.45, 7) is 2.26. The lowest BCUT2D eigenvalue weighted by Crippen LogP contribution is -2.45. The molecule has 0 aliphatic carbocycles. The van der Waals surface area contributed by atoms with Crippen molar-refractivity contribution in [3.63, 3.8) is 0 Å². The summed E-state index contributed by atoms with van der Waals surface area (Å²) in [4.78, 5) is 12.7. The summed E-state index contributed by atoms with van der Waals surface area (Å²) in [7, 11) is 0. The molecule has 136 valence electrons. The molecule has 0 saturated carbocycles. The summed E-state index contributed by atoms with van der Waals surface area (Å²) in [6.07, 6.45) is 2.21. The summed E-state index contributed by atoms with van der Waals surface area (Å²) >= 11 is 0. The highest BCUT2D eigenvalue weighted by Crippen LogP contribution is 2.29. The highest BCUT2D eigenvalue weighted by Gasteiger charge is 2.33. The number of urea groups is 1. The zero-order valence-electron chi connectivity index (χ0n) is 15.0. The second-order valence-corrected chi connectivity index (χ2v) is 6.83. The van der Waals surface area contributed by atoms with Gasteiger partial charge in [0.15, 0.2) is 0 Å². The third kappa shape index (κ3) is 3.69. The number of nitrogens with zero attached hydrogens (tertiary/aromatic N) is 4. The van der Waals surface area contributed by atoms with E-state index in [0.717, 1.165) is 42.8 Å². The van der Waals surface area contributed by atoms with E-state index in [0.29, 0.717) is 12.1 Å². The Morgan fingerprint density at radius 3 is 2.44 bits per heavy atom. The van der Waals surface area contributed by atoms with Crippen LogP contribution in [0.25, 0.3) is 0 Å². The molecule has 27 heavy (non-hydrogen) atoms. The molecule has 0 spiro atoms. The van der Waals surface area contributed by atoms with E-state index >= 15 is 0 Å².